The number of nitrogens with zero attached hydrogens (tertiary/aromatic N) is 2. The number of halogens is 2. The third-order valence-corrected chi connectivity index (χ3v) is 10.4. The molecular weight excluding hydrogens is 635 g/mol. The average Bonchev–Trinajstić information content (AvgIpc) is 3.22. The Bertz CT molecular complexity index is 1470. The number of amides is 1. The SMILES string of the molecule is Cc1c(I)c(C)c(N2CCN(C(=O)OCC3c4ccccc4-c4ccccc43)CC2)c(C)c1CS(=O)(=O)Cl. The van der Waals surface area contributed by atoms with Crippen LogP contribution in [-0.2, 0) is 19.5 Å². The summed E-state index contributed by atoms with van der Waals surface area (Å²) < 4.78 is 30.7. The second-order valence-electron chi connectivity index (χ2n) is 9.98. The van der Waals surface area contributed by atoms with Crippen molar-refractivity contribution in [3.63, 3.8) is 0 Å². The van der Waals surface area contributed by atoms with Crippen LogP contribution in [0.1, 0.15) is 39.3 Å². The highest BCUT2D eigenvalue weighted by Gasteiger charge is 2.31. The maximum absolute atomic E-state index is 13.1. The Morgan fingerprint density at radius 2 is 1.47 bits per heavy atom. The summed E-state index contributed by atoms with van der Waals surface area (Å²) in [4.78, 5) is 17.1. The van der Waals surface area contributed by atoms with Crippen molar-refractivity contribution in [1.29, 1.82) is 0 Å². The number of rotatable bonds is 5. The van der Waals surface area contributed by atoms with Gasteiger partial charge in [0.15, 0.2) is 0 Å². The van der Waals surface area contributed by atoms with E-state index in [1.54, 1.807) is 4.90 Å². The Labute approximate surface area is 242 Å². The monoisotopic (exact) mass is 664 g/mol. The lowest BCUT2D eigenvalue weighted by molar-refractivity contribution is 0.0976. The molecule has 5 rings (SSSR count). The Hall–Kier alpha value is -2.30. The van der Waals surface area contributed by atoms with Gasteiger partial charge in [-0.2, -0.15) is 0 Å². The average molecular weight is 665 g/mol. The summed E-state index contributed by atoms with van der Waals surface area (Å²) in [5, 5.41) is 0. The van der Waals surface area contributed by atoms with Gasteiger partial charge in [0.2, 0.25) is 9.05 Å². The number of hydrogen-bond acceptors (Lipinski definition) is 5. The summed E-state index contributed by atoms with van der Waals surface area (Å²) in [6, 6.07) is 16.6. The summed E-state index contributed by atoms with van der Waals surface area (Å²) in [7, 11) is 1.94. The van der Waals surface area contributed by atoms with Crippen LogP contribution < -0.4 is 4.90 Å². The Morgan fingerprint density at radius 3 is 2.03 bits per heavy atom. The molecule has 2 aliphatic rings. The number of ether oxygens (including phenoxy) is 1. The molecule has 200 valence electrons. The number of hydrogen-bond donors (Lipinski definition) is 0. The van der Waals surface area contributed by atoms with Gasteiger partial charge in [0, 0.05) is 52.0 Å². The molecule has 0 radical (unpaired) electrons. The summed E-state index contributed by atoms with van der Waals surface area (Å²) >= 11 is 2.28. The first-order valence-electron chi connectivity index (χ1n) is 12.6. The third kappa shape index (κ3) is 5.14. The molecule has 0 saturated carbocycles. The number of benzene rings is 3. The molecule has 1 aliphatic carbocycles. The van der Waals surface area contributed by atoms with Crippen molar-refractivity contribution in [2.24, 2.45) is 0 Å². The molecule has 0 N–H and O–H groups in total. The first-order chi connectivity index (χ1) is 18.1. The van der Waals surface area contributed by atoms with E-state index in [1.807, 2.05) is 38.1 Å². The quantitative estimate of drug-likeness (QED) is 0.235. The first-order valence-corrected chi connectivity index (χ1v) is 16.2. The number of carbonyl (C=O) groups is 1. The molecule has 38 heavy (non-hydrogen) atoms. The lowest BCUT2D eigenvalue weighted by atomic mass is 9.97. The third-order valence-electron chi connectivity index (χ3n) is 7.78. The highest BCUT2D eigenvalue weighted by Crippen LogP contribution is 2.44. The first kappa shape index (κ1) is 27.3. The molecule has 0 unspecified atom stereocenters. The Balaban J connectivity index is 1.27. The highest BCUT2D eigenvalue weighted by atomic mass is 127. The van der Waals surface area contributed by atoms with Gasteiger partial charge in [-0.25, -0.2) is 13.2 Å². The van der Waals surface area contributed by atoms with Crippen molar-refractivity contribution in [2.45, 2.75) is 32.4 Å². The lowest BCUT2D eigenvalue weighted by Gasteiger charge is -2.38. The molecule has 9 heteroatoms. The van der Waals surface area contributed by atoms with E-state index in [-0.39, 0.29) is 17.8 Å². The number of anilines is 1. The minimum Gasteiger partial charge on any atom is -0.448 e. The van der Waals surface area contributed by atoms with Gasteiger partial charge in [-0.05, 0) is 87.9 Å². The zero-order chi connectivity index (χ0) is 27.2. The standard InChI is InChI=1S/C29H30ClIN2O4S/c1-18-26(17-38(30,35)36)19(2)28(20(3)27(18)31)32-12-14-33(15-13-32)29(34)37-16-25-23-10-6-4-8-21(23)22-9-5-7-11-24(22)25/h4-11,25H,12-17H2,1-3H3. The second kappa shape index (κ2) is 10.7. The molecule has 0 aromatic heterocycles. The van der Waals surface area contributed by atoms with E-state index in [9.17, 15) is 13.2 Å². The van der Waals surface area contributed by atoms with Gasteiger partial charge in [0.25, 0.3) is 0 Å². The van der Waals surface area contributed by atoms with Crippen molar-refractivity contribution < 1.29 is 17.9 Å². The number of carbonyl (C=O) groups excluding carboxylic acids is 1. The second-order valence-corrected chi connectivity index (χ2v) is 13.8. The van der Waals surface area contributed by atoms with Crippen molar-refractivity contribution in [3.05, 3.63) is 85.5 Å². The molecule has 1 amide bonds. The predicted molar refractivity (Wildman–Crippen MR) is 161 cm³/mol. The van der Waals surface area contributed by atoms with Gasteiger partial charge in [-0.15, -0.1) is 0 Å². The molecule has 1 saturated heterocycles. The molecule has 1 aliphatic heterocycles. The maximum Gasteiger partial charge on any atom is 0.409 e. The number of fused-ring (bicyclic) bond motifs is 3. The summed E-state index contributed by atoms with van der Waals surface area (Å²) in [5.41, 5.74) is 9.58. The van der Waals surface area contributed by atoms with E-state index in [1.165, 1.54) is 22.3 Å². The smallest absolute Gasteiger partial charge is 0.409 e. The predicted octanol–water partition coefficient (Wildman–Crippen LogP) is 6.36. The molecule has 1 heterocycles. The van der Waals surface area contributed by atoms with E-state index < -0.39 is 9.05 Å². The van der Waals surface area contributed by atoms with Crippen molar-refractivity contribution in [1.82, 2.24) is 4.90 Å². The van der Waals surface area contributed by atoms with Gasteiger partial charge in [-0.3, -0.25) is 0 Å². The van der Waals surface area contributed by atoms with E-state index >= 15 is 0 Å². The molecule has 3 aromatic rings. The fourth-order valence-electron chi connectivity index (χ4n) is 5.88. The van der Waals surface area contributed by atoms with Crippen LogP contribution in [0.3, 0.4) is 0 Å². The zero-order valence-electron chi connectivity index (χ0n) is 21.6. The lowest BCUT2D eigenvalue weighted by Crippen LogP contribution is -2.49. The van der Waals surface area contributed by atoms with Crippen LogP contribution in [0.2, 0.25) is 0 Å². The van der Waals surface area contributed by atoms with Crippen LogP contribution in [0.4, 0.5) is 10.5 Å². The van der Waals surface area contributed by atoms with Gasteiger partial charge in [0.1, 0.15) is 6.61 Å². The van der Waals surface area contributed by atoms with Crippen LogP contribution in [0.5, 0.6) is 0 Å². The van der Waals surface area contributed by atoms with Crippen molar-refractivity contribution >= 4 is 54.1 Å². The summed E-state index contributed by atoms with van der Waals surface area (Å²) in [6.07, 6.45) is -0.299. The topological polar surface area (TPSA) is 66.9 Å². The van der Waals surface area contributed by atoms with Gasteiger partial charge < -0.3 is 14.5 Å². The summed E-state index contributed by atoms with van der Waals surface area (Å²) in [6.45, 7) is 8.60. The molecule has 0 bridgehead atoms. The fourth-order valence-corrected chi connectivity index (χ4v) is 7.57. The van der Waals surface area contributed by atoms with Crippen molar-refractivity contribution in [2.75, 3.05) is 37.7 Å². The van der Waals surface area contributed by atoms with Crippen LogP contribution >= 0.6 is 33.3 Å². The Morgan fingerprint density at radius 1 is 0.921 bits per heavy atom. The molecule has 0 atom stereocenters. The molecule has 1 fully saturated rings. The number of piperazine rings is 1. The minimum absolute atomic E-state index is 0.0317. The normalized spacial score (nSPS) is 15.4. The van der Waals surface area contributed by atoms with Crippen LogP contribution in [0, 0.1) is 24.3 Å². The Kier molecular flexibility index (Phi) is 7.68. The van der Waals surface area contributed by atoms with E-state index in [2.05, 4.69) is 58.7 Å². The van der Waals surface area contributed by atoms with E-state index in [0.717, 1.165) is 31.5 Å². The van der Waals surface area contributed by atoms with Crippen LogP contribution in [0.15, 0.2) is 48.5 Å². The van der Waals surface area contributed by atoms with Gasteiger partial charge in [-0.1, -0.05) is 48.5 Å². The van der Waals surface area contributed by atoms with Crippen molar-refractivity contribution in [3.8, 4) is 11.1 Å². The largest absolute Gasteiger partial charge is 0.448 e. The maximum atomic E-state index is 13.1. The molecule has 0 spiro atoms. The van der Waals surface area contributed by atoms with Gasteiger partial charge >= 0.3 is 6.09 Å². The zero-order valence-corrected chi connectivity index (χ0v) is 25.4. The summed E-state index contributed by atoms with van der Waals surface area (Å²) in [5.74, 6) is -0.168. The minimum atomic E-state index is -3.69. The van der Waals surface area contributed by atoms with E-state index in [4.69, 9.17) is 15.4 Å². The van der Waals surface area contributed by atoms with Crippen LogP contribution in [-0.4, -0.2) is 52.2 Å². The molecule has 6 nitrogen and oxygen atoms in total. The van der Waals surface area contributed by atoms with E-state index in [0.29, 0.717) is 32.8 Å². The molecule has 3 aromatic carbocycles. The van der Waals surface area contributed by atoms with Crippen LogP contribution in [0.25, 0.3) is 11.1 Å². The molecular formula is C29H30ClIN2O4S. The fraction of sp³-hybridized carbons (Fsp3) is 0.345. The highest BCUT2D eigenvalue weighted by molar-refractivity contribution is 14.1. The van der Waals surface area contributed by atoms with Gasteiger partial charge in [0.05, 0.1) is 5.75 Å².